The second kappa shape index (κ2) is 7.60. The molecule has 1 aromatic carbocycles. The number of rotatable bonds is 4. The van der Waals surface area contributed by atoms with E-state index < -0.39 is 23.0 Å². The molecule has 2 heterocycles. The molecule has 0 aliphatic carbocycles. The van der Waals surface area contributed by atoms with Gasteiger partial charge in [-0.3, -0.25) is 9.59 Å². The molecule has 8 heteroatoms. The molecule has 0 saturated heterocycles. The molecule has 140 valence electrons. The number of benzene rings is 1. The normalized spacial score (nSPS) is 12.9. The number of nitrogens with zero attached hydrogens (tertiary/aromatic N) is 2. The first-order valence-electron chi connectivity index (χ1n) is 8.49. The largest absolute Gasteiger partial charge is 0.506 e. The van der Waals surface area contributed by atoms with E-state index in [2.05, 4.69) is 5.32 Å². The quantitative estimate of drug-likeness (QED) is 0.846. The van der Waals surface area contributed by atoms with Crippen molar-refractivity contribution in [3.8, 4) is 11.8 Å². The summed E-state index contributed by atoms with van der Waals surface area (Å²) in [5.74, 6) is -1.70. The van der Waals surface area contributed by atoms with Gasteiger partial charge in [-0.1, -0.05) is 6.07 Å². The lowest BCUT2D eigenvalue weighted by Gasteiger charge is -2.24. The number of halogens is 1. The van der Waals surface area contributed by atoms with Crippen molar-refractivity contribution in [2.75, 3.05) is 13.2 Å². The Morgan fingerprint density at radius 2 is 2.26 bits per heavy atom. The Balaban J connectivity index is 2.17. The Labute approximate surface area is 154 Å². The lowest BCUT2D eigenvalue weighted by molar-refractivity contribution is 0.0940. The SMILES string of the molecule is CCNC(=O)c1c(O)c2c(n(Cc3ccc(C#N)cc3F)c1=O)CCOC2. The van der Waals surface area contributed by atoms with Crippen molar-refractivity contribution >= 4 is 5.91 Å². The molecule has 1 aromatic heterocycles. The minimum absolute atomic E-state index is 0.0592. The Hall–Kier alpha value is -3.18. The number of nitrogens with one attached hydrogen (secondary N) is 1. The summed E-state index contributed by atoms with van der Waals surface area (Å²) >= 11 is 0. The van der Waals surface area contributed by atoms with Crippen LogP contribution in [0.15, 0.2) is 23.0 Å². The second-order valence-corrected chi connectivity index (χ2v) is 6.12. The number of aromatic hydroxyl groups is 1. The third-order valence-corrected chi connectivity index (χ3v) is 4.46. The maximum absolute atomic E-state index is 14.3. The maximum Gasteiger partial charge on any atom is 0.267 e. The maximum atomic E-state index is 14.3. The van der Waals surface area contributed by atoms with E-state index in [1.165, 1.54) is 16.7 Å². The van der Waals surface area contributed by atoms with E-state index >= 15 is 0 Å². The molecule has 2 aromatic rings. The van der Waals surface area contributed by atoms with Gasteiger partial charge in [-0.15, -0.1) is 0 Å². The van der Waals surface area contributed by atoms with Crippen LogP contribution >= 0.6 is 0 Å². The van der Waals surface area contributed by atoms with Crippen molar-refractivity contribution in [1.82, 2.24) is 9.88 Å². The van der Waals surface area contributed by atoms with Gasteiger partial charge in [0.2, 0.25) is 0 Å². The number of amides is 1. The van der Waals surface area contributed by atoms with Gasteiger partial charge in [-0.25, -0.2) is 4.39 Å². The van der Waals surface area contributed by atoms with E-state index in [1.807, 2.05) is 6.07 Å². The zero-order chi connectivity index (χ0) is 19.6. The highest BCUT2D eigenvalue weighted by Gasteiger charge is 2.27. The predicted octanol–water partition coefficient (Wildman–Crippen LogP) is 1.44. The molecule has 0 fully saturated rings. The number of pyridine rings is 1. The Bertz CT molecular complexity index is 1010. The first-order valence-corrected chi connectivity index (χ1v) is 8.49. The standard InChI is InChI=1S/C19H18FN3O4/c1-2-22-18(25)16-17(24)13-10-27-6-5-15(13)23(19(16)26)9-12-4-3-11(8-21)7-14(12)20/h3-4,7,24H,2,5-6,9-10H2,1H3,(H,22,25). The van der Waals surface area contributed by atoms with Crippen LogP contribution in [0.2, 0.25) is 0 Å². The number of nitriles is 1. The van der Waals surface area contributed by atoms with Crippen LogP contribution in [0.4, 0.5) is 4.39 Å². The molecular weight excluding hydrogens is 353 g/mol. The topological polar surface area (TPSA) is 104 Å². The minimum atomic E-state index is -0.692. The fraction of sp³-hybridized carbons (Fsp3) is 0.316. The van der Waals surface area contributed by atoms with Gasteiger partial charge in [-0.2, -0.15) is 5.26 Å². The second-order valence-electron chi connectivity index (χ2n) is 6.12. The first-order chi connectivity index (χ1) is 13.0. The van der Waals surface area contributed by atoms with Crippen LogP contribution in [-0.4, -0.2) is 28.7 Å². The Morgan fingerprint density at radius 3 is 2.93 bits per heavy atom. The molecule has 0 spiro atoms. The van der Waals surface area contributed by atoms with E-state index in [0.717, 1.165) is 6.07 Å². The van der Waals surface area contributed by atoms with Crippen LogP contribution in [0.5, 0.6) is 5.75 Å². The predicted molar refractivity (Wildman–Crippen MR) is 94.0 cm³/mol. The summed E-state index contributed by atoms with van der Waals surface area (Å²) in [6.45, 7) is 2.27. The van der Waals surface area contributed by atoms with Crippen molar-refractivity contribution < 1.29 is 19.0 Å². The molecule has 0 unspecified atom stereocenters. The van der Waals surface area contributed by atoms with E-state index in [4.69, 9.17) is 10.00 Å². The van der Waals surface area contributed by atoms with Crippen molar-refractivity contribution in [3.05, 3.63) is 62.3 Å². The van der Waals surface area contributed by atoms with Crippen molar-refractivity contribution in [2.45, 2.75) is 26.5 Å². The van der Waals surface area contributed by atoms with E-state index in [0.29, 0.717) is 24.3 Å². The molecule has 0 saturated carbocycles. The van der Waals surface area contributed by atoms with Gasteiger partial charge in [-0.05, 0) is 19.1 Å². The van der Waals surface area contributed by atoms with Gasteiger partial charge >= 0.3 is 0 Å². The fourth-order valence-electron chi connectivity index (χ4n) is 3.13. The van der Waals surface area contributed by atoms with Crippen LogP contribution in [0.1, 0.15) is 39.7 Å². The number of hydrogen-bond donors (Lipinski definition) is 2. The lowest BCUT2D eigenvalue weighted by atomic mass is 10.0. The summed E-state index contributed by atoms with van der Waals surface area (Å²) in [6.07, 6.45) is 0.353. The van der Waals surface area contributed by atoms with Gasteiger partial charge in [0.05, 0.1) is 31.4 Å². The number of aromatic nitrogens is 1. The van der Waals surface area contributed by atoms with E-state index in [9.17, 15) is 19.1 Å². The van der Waals surface area contributed by atoms with Crippen molar-refractivity contribution in [1.29, 1.82) is 5.26 Å². The highest BCUT2D eigenvalue weighted by atomic mass is 19.1. The summed E-state index contributed by atoms with van der Waals surface area (Å²) in [4.78, 5) is 25.2. The molecule has 3 rings (SSSR count). The van der Waals surface area contributed by atoms with Crippen molar-refractivity contribution in [2.24, 2.45) is 0 Å². The number of carbonyl (C=O) groups excluding carboxylic acids is 1. The van der Waals surface area contributed by atoms with Gasteiger partial charge in [0.25, 0.3) is 11.5 Å². The van der Waals surface area contributed by atoms with Gasteiger partial charge < -0.3 is 19.7 Å². The van der Waals surface area contributed by atoms with E-state index in [-0.39, 0.29) is 36.4 Å². The summed E-state index contributed by atoms with van der Waals surface area (Å²) in [5.41, 5.74) is 0.180. The summed E-state index contributed by atoms with van der Waals surface area (Å²) in [7, 11) is 0. The molecule has 0 radical (unpaired) electrons. The summed E-state index contributed by atoms with van der Waals surface area (Å²) < 4.78 is 21.0. The smallest absolute Gasteiger partial charge is 0.267 e. The van der Waals surface area contributed by atoms with Gasteiger partial charge in [0, 0.05) is 29.8 Å². The van der Waals surface area contributed by atoms with Crippen molar-refractivity contribution in [3.63, 3.8) is 0 Å². The molecule has 27 heavy (non-hydrogen) atoms. The summed E-state index contributed by atoms with van der Waals surface area (Å²) in [6, 6.07) is 5.85. The minimum Gasteiger partial charge on any atom is -0.506 e. The highest BCUT2D eigenvalue weighted by Crippen LogP contribution is 2.28. The number of carbonyl (C=O) groups is 1. The fourth-order valence-corrected chi connectivity index (χ4v) is 3.13. The van der Waals surface area contributed by atoms with Crippen LogP contribution in [0.3, 0.4) is 0 Å². The number of fused-ring (bicyclic) bond motifs is 1. The third-order valence-electron chi connectivity index (χ3n) is 4.46. The molecule has 1 amide bonds. The molecule has 2 N–H and O–H groups in total. The molecule has 1 aliphatic rings. The van der Waals surface area contributed by atoms with Gasteiger partial charge in [0.15, 0.2) is 0 Å². The highest BCUT2D eigenvalue weighted by molar-refractivity contribution is 5.97. The average molecular weight is 371 g/mol. The van der Waals surface area contributed by atoms with Crippen LogP contribution in [0, 0.1) is 17.1 Å². The molecule has 0 atom stereocenters. The van der Waals surface area contributed by atoms with Crippen LogP contribution in [-0.2, 0) is 24.3 Å². The molecule has 7 nitrogen and oxygen atoms in total. The number of hydrogen-bond acceptors (Lipinski definition) is 5. The van der Waals surface area contributed by atoms with E-state index in [1.54, 1.807) is 6.92 Å². The monoisotopic (exact) mass is 371 g/mol. The summed E-state index contributed by atoms with van der Waals surface area (Å²) in [5, 5.41) is 21.8. The zero-order valence-electron chi connectivity index (χ0n) is 14.7. The first kappa shape index (κ1) is 18.6. The molecule has 1 aliphatic heterocycles. The van der Waals surface area contributed by atoms with Gasteiger partial charge in [0.1, 0.15) is 17.1 Å². The third kappa shape index (κ3) is 3.41. The lowest BCUT2D eigenvalue weighted by Crippen LogP contribution is -2.37. The average Bonchev–Trinajstić information content (AvgIpc) is 2.66. The number of ether oxygens (including phenoxy) is 1. The van der Waals surface area contributed by atoms with Crippen LogP contribution < -0.4 is 10.9 Å². The zero-order valence-corrected chi connectivity index (χ0v) is 14.7. The Kier molecular flexibility index (Phi) is 5.23. The molecule has 0 bridgehead atoms. The Morgan fingerprint density at radius 1 is 1.48 bits per heavy atom. The molecular formula is C19H18FN3O4. The van der Waals surface area contributed by atoms with Crippen LogP contribution in [0.25, 0.3) is 0 Å².